The first-order chi connectivity index (χ1) is 37.0. The molecule has 0 rings (SSSR count). The van der Waals surface area contributed by atoms with Crippen molar-refractivity contribution < 1.29 is 24.5 Å². The number of allylic oxidation sites excluding steroid dienone is 5. The number of aliphatic hydroxyl groups excluding tert-OH is 2. The van der Waals surface area contributed by atoms with Gasteiger partial charge in [0.1, 0.15) is 0 Å². The molecule has 6 heteroatoms. The summed E-state index contributed by atoms with van der Waals surface area (Å²) in [5.41, 5.74) is 0. The number of aliphatic hydroxyl groups is 2. The summed E-state index contributed by atoms with van der Waals surface area (Å²) >= 11 is 0. The quantitative estimate of drug-likeness (QED) is 0.0320. The Bertz CT molecular complexity index is 1210. The fraction of sp³-hybridized carbons (Fsp3) is 0.884. The number of carbonyl (C=O) groups excluding carboxylic acids is 2. The minimum Gasteiger partial charge on any atom is -0.466 e. The molecule has 0 saturated carbocycles. The maximum absolute atomic E-state index is 12.5. The van der Waals surface area contributed by atoms with Crippen LogP contribution in [0.25, 0.3) is 0 Å². The number of hydrogen-bond acceptors (Lipinski definition) is 5. The lowest BCUT2D eigenvalue weighted by Crippen LogP contribution is -2.45. The van der Waals surface area contributed by atoms with Gasteiger partial charge in [-0.15, -0.1) is 0 Å². The summed E-state index contributed by atoms with van der Waals surface area (Å²) in [6, 6.07) is -0.630. The van der Waals surface area contributed by atoms with Gasteiger partial charge in [0.05, 0.1) is 25.4 Å². The van der Waals surface area contributed by atoms with E-state index in [0.29, 0.717) is 19.4 Å². The van der Waals surface area contributed by atoms with Crippen LogP contribution < -0.4 is 5.32 Å². The highest BCUT2D eigenvalue weighted by Crippen LogP contribution is 2.18. The van der Waals surface area contributed by atoms with E-state index in [2.05, 4.69) is 43.5 Å². The second-order valence-electron chi connectivity index (χ2n) is 23.2. The first-order valence-electron chi connectivity index (χ1n) is 33.8. The molecule has 6 nitrogen and oxygen atoms in total. The Balaban J connectivity index is 3.42. The molecule has 0 aromatic carbocycles. The third-order valence-electron chi connectivity index (χ3n) is 15.7. The van der Waals surface area contributed by atoms with E-state index in [1.807, 2.05) is 6.08 Å². The third-order valence-corrected chi connectivity index (χ3v) is 15.7. The maximum Gasteiger partial charge on any atom is 0.305 e. The summed E-state index contributed by atoms with van der Waals surface area (Å²) in [6.07, 6.45) is 82.0. The Labute approximate surface area is 468 Å². The minimum absolute atomic E-state index is 0.00161. The predicted octanol–water partition coefficient (Wildman–Crippen LogP) is 21.5. The van der Waals surface area contributed by atoms with Gasteiger partial charge in [0, 0.05) is 12.8 Å². The summed E-state index contributed by atoms with van der Waals surface area (Å²) < 4.78 is 5.49. The number of hydrogen-bond donors (Lipinski definition) is 3. The molecule has 0 saturated heterocycles. The zero-order chi connectivity index (χ0) is 54.3. The summed E-state index contributed by atoms with van der Waals surface area (Å²) in [5, 5.41) is 23.2. The second kappa shape index (κ2) is 64.6. The average molecular weight is 1050 g/mol. The van der Waals surface area contributed by atoms with E-state index in [1.165, 1.54) is 289 Å². The van der Waals surface area contributed by atoms with Gasteiger partial charge in [-0.25, -0.2) is 0 Å². The van der Waals surface area contributed by atoms with Crippen LogP contribution in [-0.4, -0.2) is 47.4 Å². The van der Waals surface area contributed by atoms with Crippen LogP contribution in [0, 0.1) is 0 Å². The van der Waals surface area contributed by atoms with Crippen LogP contribution in [0.4, 0.5) is 0 Å². The van der Waals surface area contributed by atoms with Crippen molar-refractivity contribution in [2.75, 3.05) is 13.2 Å². The molecule has 3 N–H and O–H groups in total. The van der Waals surface area contributed by atoms with Gasteiger partial charge < -0.3 is 20.3 Å². The standard InChI is InChI=1S/C69H131NO5/c1-3-5-7-9-11-13-15-17-19-21-22-24-27-30-33-37-41-45-49-53-57-61-67(72)66(65-71)70-68(73)62-58-54-50-46-42-38-34-31-28-25-23-26-29-32-36-40-44-48-52-56-60-64-75-69(74)63-59-55-51-47-43-39-35-20-18-16-14-12-10-8-6-4-2/h14,16,20,35,57,61,66-67,71-72H,3-13,15,17-19,21-34,36-56,58-60,62-65H2,1-2H3,(H,70,73)/b16-14-,35-20-,61-57+. The first kappa shape index (κ1) is 73.1. The highest BCUT2D eigenvalue weighted by molar-refractivity contribution is 5.76. The maximum atomic E-state index is 12.5. The molecule has 0 aliphatic heterocycles. The van der Waals surface area contributed by atoms with Crippen molar-refractivity contribution in [3.05, 3.63) is 36.5 Å². The van der Waals surface area contributed by atoms with Crippen molar-refractivity contribution in [1.29, 1.82) is 0 Å². The molecule has 0 aromatic heterocycles. The molecule has 75 heavy (non-hydrogen) atoms. The number of unbranched alkanes of at least 4 members (excludes halogenated alkanes) is 48. The number of rotatable bonds is 63. The fourth-order valence-corrected chi connectivity index (χ4v) is 10.5. The van der Waals surface area contributed by atoms with E-state index in [1.54, 1.807) is 6.08 Å². The lowest BCUT2D eigenvalue weighted by atomic mass is 10.0. The van der Waals surface area contributed by atoms with Crippen molar-refractivity contribution in [2.45, 2.75) is 379 Å². The molecule has 0 radical (unpaired) electrons. The number of amides is 1. The molecule has 442 valence electrons. The minimum atomic E-state index is -0.847. The van der Waals surface area contributed by atoms with E-state index >= 15 is 0 Å². The van der Waals surface area contributed by atoms with Gasteiger partial charge in [-0.3, -0.25) is 9.59 Å². The molecule has 1 amide bonds. The topological polar surface area (TPSA) is 95.9 Å². The van der Waals surface area contributed by atoms with E-state index in [4.69, 9.17) is 4.74 Å². The zero-order valence-corrected chi connectivity index (χ0v) is 50.5. The van der Waals surface area contributed by atoms with Crippen molar-refractivity contribution >= 4 is 11.9 Å². The molecule has 0 spiro atoms. The van der Waals surface area contributed by atoms with Crippen LogP contribution in [0.5, 0.6) is 0 Å². The summed E-state index contributed by atoms with van der Waals surface area (Å²) in [5.74, 6) is -0.0676. The molecule has 2 atom stereocenters. The summed E-state index contributed by atoms with van der Waals surface area (Å²) in [4.78, 5) is 24.6. The van der Waals surface area contributed by atoms with E-state index < -0.39 is 12.1 Å². The van der Waals surface area contributed by atoms with Crippen molar-refractivity contribution in [3.8, 4) is 0 Å². The molecular formula is C69H131NO5. The molecule has 0 bridgehead atoms. The van der Waals surface area contributed by atoms with Gasteiger partial charge in [0.15, 0.2) is 0 Å². The molecular weight excluding hydrogens is 923 g/mol. The third kappa shape index (κ3) is 61.2. The van der Waals surface area contributed by atoms with Crippen LogP contribution in [-0.2, 0) is 14.3 Å². The van der Waals surface area contributed by atoms with Crippen LogP contribution in [0.15, 0.2) is 36.5 Å². The Morgan fingerprint density at radius 3 is 1.03 bits per heavy atom. The highest BCUT2D eigenvalue weighted by Gasteiger charge is 2.18. The van der Waals surface area contributed by atoms with Gasteiger partial charge in [-0.1, -0.05) is 326 Å². The second-order valence-corrected chi connectivity index (χ2v) is 23.2. The largest absolute Gasteiger partial charge is 0.466 e. The van der Waals surface area contributed by atoms with E-state index in [-0.39, 0.29) is 18.5 Å². The monoisotopic (exact) mass is 1050 g/mol. The lowest BCUT2D eigenvalue weighted by molar-refractivity contribution is -0.143. The number of carbonyl (C=O) groups is 2. The number of ether oxygens (including phenoxy) is 1. The summed E-state index contributed by atoms with van der Waals surface area (Å²) in [6.45, 7) is 4.91. The highest BCUT2D eigenvalue weighted by atomic mass is 16.5. The first-order valence-corrected chi connectivity index (χ1v) is 33.8. The Morgan fingerprint density at radius 2 is 0.667 bits per heavy atom. The van der Waals surface area contributed by atoms with E-state index in [9.17, 15) is 19.8 Å². The van der Waals surface area contributed by atoms with E-state index in [0.717, 1.165) is 51.4 Å². The smallest absolute Gasteiger partial charge is 0.305 e. The molecule has 0 aromatic rings. The predicted molar refractivity (Wildman–Crippen MR) is 329 cm³/mol. The zero-order valence-electron chi connectivity index (χ0n) is 50.5. The van der Waals surface area contributed by atoms with Gasteiger partial charge in [0.2, 0.25) is 5.91 Å². The Morgan fingerprint density at radius 1 is 0.373 bits per heavy atom. The normalized spacial score (nSPS) is 12.7. The molecule has 0 aliphatic rings. The van der Waals surface area contributed by atoms with Gasteiger partial charge in [0.25, 0.3) is 0 Å². The SMILES string of the molecule is CCCCCC/C=C\C/C=C\CCCCCCCC(=O)OCCCCCCCCCCCCCCCCCCCCCCCC(=O)NC(CO)C(O)/C=C/CCCCCCCCCCCCCCCCCCCCC. The number of nitrogens with one attached hydrogen (secondary N) is 1. The van der Waals surface area contributed by atoms with Gasteiger partial charge >= 0.3 is 5.97 Å². The Kier molecular flexibility index (Phi) is 63.0. The van der Waals surface area contributed by atoms with Crippen LogP contribution in [0.3, 0.4) is 0 Å². The number of esters is 1. The van der Waals surface area contributed by atoms with Crippen LogP contribution in [0.2, 0.25) is 0 Å². The van der Waals surface area contributed by atoms with Gasteiger partial charge in [-0.05, 0) is 64.2 Å². The average Bonchev–Trinajstić information content (AvgIpc) is 3.41. The molecule has 0 heterocycles. The van der Waals surface area contributed by atoms with Gasteiger partial charge in [-0.2, -0.15) is 0 Å². The molecule has 0 fully saturated rings. The lowest BCUT2D eigenvalue weighted by Gasteiger charge is -2.20. The fourth-order valence-electron chi connectivity index (χ4n) is 10.5. The van der Waals surface area contributed by atoms with Crippen LogP contribution >= 0.6 is 0 Å². The Hall–Kier alpha value is -1.92. The summed E-state index contributed by atoms with van der Waals surface area (Å²) in [7, 11) is 0. The van der Waals surface area contributed by atoms with Crippen molar-refractivity contribution in [3.63, 3.8) is 0 Å². The molecule has 0 aliphatic carbocycles. The molecule has 2 unspecified atom stereocenters. The van der Waals surface area contributed by atoms with Crippen molar-refractivity contribution in [1.82, 2.24) is 5.32 Å². The van der Waals surface area contributed by atoms with Crippen LogP contribution in [0.1, 0.15) is 367 Å². The van der Waals surface area contributed by atoms with Crippen molar-refractivity contribution in [2.24, 2.45) is 0 Å².